The third-order valence-corrected chi connectivity index (χ3v) is 0. The second-order valence-electron chi connectivity index (χ2n) is 0.101. The second kappa shape index (κ2) is 44.4. The van der Waals surface area contributed by atoms with Crippen LogP contribution in [0, 0.1) is 0 Å². The van der Waals surface area contributed by atoms with Crippen molar-refractivity contribution in [3.05, 3.63) is 0 Å². The van der Waals surface area contributed by atoms with Crippen molar-refractivity contribution >= 4 is 39.5 Å². The summed E-state index contributed by atoms with van der Waals surface area (Å²) in [6.07, 6.45) is 0. The minimum atomic E-state index is 0. The molecule has 0 aromatic carbocycles. The van der Waals surface area contributed by atoms with E-state index in [0.717, 1.165) is 0 Å². The molecule has 48 valence electrons. The molecule has 4 nitrogen and oxygen atoms in total. The Labute approximate surface area is 70.6 Å². The van der Waals surface area contributed by atoms with Gasteiger partial charge in [0, 0.05) is 0 Å². The van der Waals surface area contributed by atoms with Crippen LogP contribution in [0.2, 0.25) is 0 Å². The van der Waals surface area contributed by atoms with E-state index in [0.29, 0.717) is 0 Å². The molecule has 0 spiro atoms. The van der Waals surface area contributed by atoms with Crippen molar-refractivity contribution in [1.82, 2.24) is 0 Å². The zero-order chi connectivity index (χ0) is 2.71. The Balaban J connectivity index is -0.00000000333. The zero-order valence-corrected chi connectivity index (χ0v) is 10.7. The number of halogens is 2. The van der Waals surface area contributed by atoms with Crippen molar-refractivity contribution in [1.29, 1.82) is 0 Å². The van der Waals surface area contributed by atoms with Gasteiger partial charge in [0.15, 0.2) is 0 Å². The van der Waals surface area contributed by atoms with Gasteiger partial charge in [-0.3, -0.25) is 0 Å². The van der Waals surface area contributed by atoms with Crippen molar-refractivity contribution in [2.45, 2.75) is 0 Å². The molecule has 0 unspecified atom stereocenters. The predicted octanol–water partition coefficient (Wildman–Crippen LogP) is -1.53. The maximum absolute atomic E-state index is 2.46. The molecule has 0 bridgehead atoms. The van der Waals surface area contributed by atoms with Crippen molar-refractivity contribution in [2.75, 3.05) is 0 Å². The van der Waals surface area contributed by atoms with Crippen LogP contribution in [0.4, 0.5) is 0 Å². The summed E-state index contributed by atoms with van der Waals surface area (Å²) < 4.78 is 0. The van der Waals surface area contributed by atoms with Crippen molar-refractivity contribution < 1.29 is 32.0 Å². The van der Waals surface area contributed by atoms with Gasteiger partial charge in [-0.05, 0) is 0 Å². The number of hydrogen-bond donors (Lipinski definition) is 0. The molecule has 0 radical (unpaired) electrons. The van der Waals surface area contributed by atoms with E-state index in [2.05, 4.69) is 39.5 Å². The van der Waals surface area contributed by atoms with E-state index in [9.17, 15) is 0 Å². The van der Waals surface area contributed by atoms with Crippen LogP contribution in [-0.2, 0) is 10.1 Å². The average molecular weight is 391 g/mol. The fraction of sp³-hybridized carbons (Fsp3) is 0. The molecule has 7 heavy (non-hydrogen) atoms. The maximum atomic E-state index is 2.46. The molecule has 0 saturated heterocycles. The molecule has 7 heteroatoms. The topological polar surface area (TPSA) is 126 Å². The first-order chi connectivity index (χ1) is 1.41. The molecule has 0 saturated carbocycles. The Morgan fingerprint density at radius 1 is 0.714 bits per heavy atom. The summed E-state index contributed by atoms with van der Waals surface area (Å²) in [6.45, 7) is 0. The van der Waals surface area contributed by atoms with E-state index >= 15 is 0 Å². The molecule has 0 amide bonds. The molecule has 0 aliphatic carbocycles. The molecule has 0 aliphatic rings. The molecule has 0 aromatic rings. The van der Waals surface area contributed by atoms with Gasteiger partial charge in [-0.15, -0.1) is 0 Å². The number of rotatable bonds is 0. The summed E-state index contributed by atoms with van der Waals surface area (Å²) in [5.41, 5.74) is 0. The summed E-state index contributed by atoms with van der Waals surface area (Å²) >= 11 is 4.93. The Morgan fingerprint density at radius 2 is 0.714 bits per heavy atom. The van der Waals surface area contributed by atoms with E-state index in [1.54, 1.807) is 0 Å². The van der Waals surface area contributed by atoms with Crippen LogP contribution >= 0.6 is 39.5 Å². The van der Waals surface area contributed by atoms with Crippen molar-refractivity contribution in [3.8, 4) is 0 Å². The standard InChI is InChI=1S/2HI.4H2O.Zn/h2*1H;4*1H2;/q;;;;;;+2/p-2. The molecule has 0 aliphatic heterocycles. The normalized spacial score (nSPS) is 1.43. The van der Waals surface area contributed by atoms with Gasteiger partial charge in [0.2, 0.25) is 0 Å². The van der Waals surface area contributed by atoms with E-state index < -0.39 is 0 Å². The first-order valence-electron chi connectivity index (χ1n) is 0.535. The van der Waals surface area contributed by atoms with E-state index in [1.807, 2.05) is 0 Å². The van der Waals surface area contributed by atoms with E-state index in [4.69, 9.17) is 0 Å². The molecule has 8 N–H and O–H groups in total. The van der Waals surface area contributed by atoms with Gasteiger partial charge in [-0.2, -0.15) is 0 Å². The molecule has 0 aromatic heterocycles. The quantitative estimate of drug-likeness (QED) is 0.351. The first-order valence-corrected chi connectivity index (χ1v) is 18.6. The zero-order valence-electron chi connectivity index (χ0n) is 3.46. The third kappa shape index (κ3) is 75.1. The van der Waals surface area contributed by atoms with Gasteiger partial charge in [-0.25, -0.2) is 0 Å². The second-order valence-corrected chi connectivity index (χ2v) is 23.6. The Bertz CT molecular complexity index is 9.65. The monoisotopic (exact) mass is 390 g/mol. The van der Waals surface area contributed by atoms with E-state index in [1.165, 1.54) is 0 Å². The summed E-state index contributed by atoms with van der Waals surface area (Å²) in [5.74, 6) is 0. The Morgan fingerprint density at radius 3 is 0.714 bits per heavy atom. The number of hydrogen-bond acceptors (Lipinski definition) is 0. The van der Waals surface area contributed by atoms with Gasteiger partial charge in [0.25, 0.3) is 0 Å². The third-order valence-electron chi connectivity index (χ3n) is 0. The average Bonchev–Trinajstić information content (AvgIpc) is 0.918. The fourth-order valence-electron chi connectivity index (χ4n) is 0. The van der Waals surface area contributed by atoms with Gasteiger partial charge >= 0.3 is 49.6 Å². The van der Waals surface area contributed by atoms with Crippen LogP contribution in [0.25, 0.3) is 0 Å². The summed E-state index contributed by atoms with van der Waals surface area (Å²) in [7, 11) is 0.0650. The van der Waals surface area contributed by atoms with Crippen LogP contribution in [0.1, 0.15) is 0 Å². The Kier molecular flexibility index (Phi) is 231. The molecular formula is H8I2O4Zn. The van der Waals surface area contributed by atoms with Crippen LogP contribution in [0.3, 0.4) is 0 Å². The summed E-state index contributed by atoms with van der Waals surface area (Å²) in [5, 5.41) is 0. The van der Waals surface area contributed by atoms with Gasteiger partial charge in [0.05, 0.1) is 0 Å². The van der Waals surface area contributed by atoms with Gasteiger partial charge < -0.3 is 21.9 Å². The molecule has 0 fully saturated rings. The predicted molar refractivity (Wildman–Crippen MR) is 42.5 cm³/mol. The molecule has 0 heterocycles. The van der Waals surface area contributed by atoms with Crippen LogP contribution in [-0.4, -0.2) is 21.9 Å². The Hall–Kier alpha value is 1.92. The molecule has 0 atom stereocenters. The van der Waals surface area contributed by atoms with Gasteiger partial charge in [0.1, 0.15) is 0 Å². The minimum absolute atomic E-state index is 0. The molecule has 0 rings (SSSR count). The molecular weight excluding hydrogens is 383 g/mol. The summed E-state index contributed by atoms with van der Waals surface area (Å²) in [4.78, 5) is 0. The van der Waals surface area contributed by atoms with Crippen LogP contribution < -0.4 is 0 Å². The van der Waals surface area contributed by atoms with Crippen LogP contribution in [0.5, 0.6) is 0 Å². The SMILES string of the molecule is O.O.O.O.[I][Zn][I]. The van der Waals surface area contributed by atoms with E-state index in [-0.39, 0.29) is 32.0 Å². The first kappa shape index (κ1) is 36.4. The summed E-state index contributed by atoms with van der Waals surface area (Å²) in [6, 6.07) is 0. The van der Waals surface area contributed by atoms with Crippen molar-refractivity contribution in [3.63, 3.8) is 0 Å². The van der Waals surface area contributed by atoms with Gasteiger partial charge in [-0.1, -0.05) is 0 Å². The van der Waals surface area contributed by atoms with Crippen molar-refractivity contribution in [2.24, 2.45) is 0 Å². The fourth-order valence-corrected chi connectivity index (χ4v) is 0. The van der Waals surface area contributed by atoms with Crippen LogP contribution in [0.15, 0.2) is 0 Å².